The molecule has 0 aromatic carbocycles. The second-order valence-electron chi connectivity index (χ2n) is 4.29. The van der Waals surface area contributed by atoms with E-state index in [-0.39, 0.29) is 11.8 Å². The number of hydrogen-bond donors (Lipinski definition) is 3. The van der Waals surface area contributed by atoms with Crippen LogP contribution in [0.4, 0.5) is 5.82 Å². The molecule has 3 N–H and O–H groups in total. The second kappa shape index (κ2) is 6.33. The predicted molar refractivity (Wildman–Crippen MR) is 77.8 cm³/mol. The number of carbonyl (C=O) groups is 2. The fourth-order valence-corrected chi connectivity index (χ4v) is 2.29. The number of carbonyl (C=O) groups excluding carboxylic acids is 2. The van der Waals surface area contributed by atoms with Gasteiger partial charge in [-0.3, -0.25) is 14.7 Å². The Morgan fingerprint density at radius 1 is 1.50 bits per heavy atom. The predicted octanol–water partition coefficient (Wildman–Crippen LogP) is 1.79. The number of H-pyrrole nitrogens is 1. The molecule has 7 heteroatoms. The van der Waals surface area contributed by atoms with Crippen molar-refractivity contribution in [2.45, 2.75) is 26.3 Å². The number of aryl methyl sites for hydroxylation is 1. The van der Waals surface area contributed by atoms with E-state index in [1.165, 1.54) is 11.3 Å². The van der Waals surface area contributed by atoms with Crippen molar-refractivity contribution in [2.75, 3.05) is 5.32 Å². The van der Waals surface area contributed by atoms with Crippen LogP contribution in [0.15, 0.2) is 23.7 Å². The first kappa shape index (κ1) is 14.3. The second-order valence-corrected chi connectivity index (χ2v) is 5.23. The van der Waals surface area contributed by atoms with Gasteiger partial charge < -0.3 is 10.6 Å². The molecule has 2 aromatic heterocycles. The Hall–Kier alpha value is -2.15. The van der Waals surface area contributed by atoms with Crippen molar-refractivity contribution in [3.05, 3.63) is 34.2 Å². The van der Waals surface area contributed by atoms with E-state index in [1.807, 2.05) is 12.3 Å². The smallest absolute Gasteiger partial charge is 0.261 e. The Balaban J connectivity index is 1.94. The van der Waals surface area contributed by atoms with Gasteiger partial charge in [-0.1, -0.05) is 13.0 Å². The Labute approximate surface area is 120 Å². The summed E-state index contributed by atoms with van der Waals surface area (Å²) in [6.07, 6.45) is 2.44. The zero-order valence-corrected chi connectivity index (χ0v) is 12.1. The summed E-state index contributed by atoms with van der Waals surface area (Å²) in [5.41, 5.74) is 0.926. The topological polar surface area (TPSA) is 86.9 Å². The summed E-state index contributed by atoms with van der Waals surface area (Å²) in [5, 5.41) is 13.8. The number of aromatic amines is 1. The first-order valence-corrected chi connectivity index (χ1v) is 7.17. The maximum absolute atomic E-state index is 12.0. The van der Waals surface area contributed by atoms with Crippen LogP contribution in [-0.4, -0.2) is 28.1 Å². The molecular formula is C13H16N4O2S. The van der Waals surface area contributed by atoms with E-state index in [0.29, 0.717) is 10.7 Å². The van der Waals surface area contributed by atoms with Gasteiger partial charge in [0.2, 0.25) is 5.91 Å². The van der Waals surface area contributed by atoms with Gasteiger partial charge >= 0.3 is 0 Å². The Bertz CT molecular complexity index is 591. The monoisotopic (exact) mass is 292 g/mol. The largest absolute Gasteiger partial charge is 0.340 e. The minimum absolute atomic E-state index is 0.247. The number of nitrogens with zero attached hydrogens (tertiary/aromatic N) is 1. The molecule has 0 spiro atoms. The molecule has 0 aliphatic carbocycles. The summed E-state index contributed by atoms with van der Waals surface area (Å²) >= 11 is 1.34. The zero-order valence-electron chi connectivity index (χ0n) is 11.3. The fourth-order valence-electron chi connectivity index (χ4n) is 1.66. The molecule has 1 unspecified atom stereocenters. The molecule has 0 aliphatic rings. The molecule has 0 radical (unpaired) electrons. The van der Waals surface area contributed by atoms with Crippen LogP contribution in [0.1, 0.15) is 29.1 Å². The third-order valence-corrected chi connectivity index (χ3v) is 3.70. The fraction of sp³-hybridized carbons (Fsp3) is 0.308. The lowest BCUT2D eigenvalue weighted by atomic mass is 10.2. The molecule has 20 heavy (non-hydrogen) atoms. The lowest BCUT2D eigenvalue weighted by Gasteiger charge is -2.13. The van der Waals surface area contributed by atoms with Crippen LogP contribution in [0.25, 0.3) is 0 Å². The van der Waals surface area contributed by atoms with Gasteiger partial charge in [0, 0.05) is 5.56 Å². The van der Waals surface area contributed by atoms with Crippen LogP contribution >= 0.6 is 11.3 Å². The van der Waals surface area contributed by atoms with Gasteiger partial charge in [0.05, 0.1) is 11.1 Å². The quantitative estimate of drug-likeness (QED) is 0.785. The van der Waals surface area contributed by atoms with Crippen molar-refractivity contribution in [1.29, 1.82) is 0 Å². The van der Waals surface area contributed by atoms with Crippen LogP contribution in [-0.2, 0) is 11.2 Å². The molecule has 0 aliphatic heterocycles. The average Bonchev–Trinajstić information content (AvgIpc) is 3.09. The van der Waals surface area contributed by atoms with E-state index in [0.717, 1.165) is 12.0 Å². The third kappa shape index (κ3) is 3.24. The van der Waals surface area contributed by atoms with Crippen molar-refractivity contribution >= 4 is 29.0 Å². The van der Waals surface area contributed by atoms with Gasteiger partial charge in [-0.2, -0.15) is 5.10 Å². The molecular weight excluding hydrogens is 276 g/mol. The van der Waals surface area contributed by atoms with E-state index in [9.17, 15) is 9.59 Å². The van der Waals surface area contributed by atoms with E-state index in [4.69, 9.17) is 0 Å². The highest BCUT2D eigenvalue weighted by Gasteiger charge is 2.18. The van der Waals surface area contributed by atoms with Gasteiger partial charge in [-0.25, -0.2) is 0 Å². The molecule has 0 saturated heterocycles. The maximum atomic E-state index is 12.0. The number of thiophene rings is 1. The van der Waals surface area contributed by atoms with Crippen LogP contribution in [0.3, 0.4) is 0 Å². The Morgan fingerprint density at radius 2 is 2.30 bits per heavy atom. The Kier molecular flexibility index (Phi) is 4.52. The Morgan fingerprint density at radius 3 is 2.95 bits per heavy atom. The summed E-state index contributed by atoms with van der Waals surface area (Å²) < 4.78 is 0. The number of hydrogen-bond acceptors (Lipinski definition) is 4. The van der Waals surface area contributed by atoms with Gasteiger partial charge in [0.1, 0.15) is 11.9 Å². The summed E-state index contributed by atoms with van der Waals surface area (Å²) in [6.45, 7) is 3.62. The first-order chi connectivity index (χ1) is 9.61. The van der Waals surface area contributed by atoms with E-state index in [1.54, 1.807) is 25.3 Å². The highest BCUT2D eigenvalue weighted by Crippen LogP contribution is 2.12. The number of nitrogens with one attached hydrogen (secondary N) is 3. The first-order valence-electron chi connectivity index (χ1n) is 6.29. The minimum atomic E-state index is -0.627. The van der Waals surface area contributed by atoms with Crippen molar-refractivity contribution in [3.8, 4) is 0 Å². The lowest BCUT2D eigenvalue weighted by molar-refractivity contribution is -0.117. The minimum Gasteiger partial charge on any atom is -0.340 e. The van der Waals surface area contributed by atoms with Crippen LogP contribution in [0, 0.1) is 0 Å². The van der Waals surface area contributed by atoms with Gasteiger partial charge in [-0.15, -0.1) is 11.3 Å². The van der Waals surface area contributed by atoms with E-state index < -0.39 is 6.04 Å². The summed E-state index contributed by atoms with van der Waals surface area (Å²) in [6, 6.07) is 2.88. The zero-order chi connectivity index (χ0) is 14.5. The standard InChI is InChI=1S/C13H16N4O2S/c1-3-9-7-14-17-11(9)16-12(18)8(2)15-13(19)10-5-4-6-20-10/h4-8H,3H2,1-2H3,(H,15,19)(H2,14,16,17,18). The van der Waals surface area contributed by atoms with Crippen LogP contribution in [0.2, 0.25) is 0 Å². The average molecular weight is 292 g/mol. The summed E-state index contributed by atoms with van der Waals surface area (Å²) in [5.74, 6) is 0.0477. The van der Waals surface area contributed by atoms with Gasteiger partial charge in [-0.05, 0) is 24.8 Å². The normalized spacial score (nSPS) is 11.9. The van der Waals surface area contributed by atoms with Crippen molar-refractivity contribution in [3.63, 3.8) is 0 Å². The lowest BCUT2D eigenvalue weighted by Crippen LogP contribution is -2.41. The molecule has 6 nitrogen and oxygen atoms in total. The SMILES string of the molecule is CCc1cn[nH]c1NC(=O)C(C)NC(=O)c1cccs1. The summed E-state index contributed by atoms with van der Waals surface area (Å²) in [7, 11) is 0. The third-order valence-electron chi connectivity index (χ3n) is 2.83. The van der Waals surface area contributed by atoms with Gasteiger partial charge in [0.15, 0.2) is 0 Å². The molecule has 2 amide bonds. The van der Waals surface area contributed by atoms with E-state index in [2.05, 4.69) is 20.8 Å². The molecule has 0 saturated carbocycles. The van der Waals surface area contributed by atoms with Crippen LogP contribution < -0.4 is 10.6 Å². The van der Waals surface area contributed by atoms with E-state index >= 15 is 0 Å². The highest BCUT2D eigenvalue weighted by atomic mass is 32.1. The molecule has 1 atom stereocenters. The highest BCUT2D eigenvalue weighted by molar-refractivity contribution is 7.12. The number of amides is 2. The maximum Gasteiger partial charge on any atom is 0.261 e. The number of aromatic nitrogens is 2. The van der Waals surface area contributed by atoms with Crippen LogP contribution in [0.5, 0.6) is 0 Å². The molecule has 2 heterocycles. The number of anilines is 1. The summed E-state index contributed by atoms with van der Waals surface area (Å²) in [4.78, 5) is 24.4. The van der Waals surface area contributed by atoms with Gasteiger partial charge in [0.25, 0.3) is 5.91 Å². The molecule has 2 rings (SSSR count). The van der Waals surface area contributed by atoms with Crippen molar-refractivity contribution in [2.24, 2.45) is 0 Å². The van der Waals surface area contributed by atoms with Crippen molar-refractivity contribution in [1.82, 2.24) is 15.5 Å². The molecule has 106 valence electrons. The number of rotatable bonds is 5. The molecule has 2 aromatic rings. The van der Waals surface area contributed by atoms with Crippen molar-refractivity contribution < 1.29 is 9.59 Å². The molecule has 0 fully saturated rings. The molecule has 0 bridgehead atoms.